The Hall–Kier alpha value is -2.63. The Morgan fingerprint density at radius 3 is 2.50 bits per heavy atom. The van der Waals surface area contributed by atoms with Crippen molar-refractivity contribution in [2.24, 2.45) is 5.73 Å². The Balaban J connectivity index is 1.54. The highest BCUT2D eigenvalue weighted by Crippen LogP contribution is 2.34. The van der Waals surface area contributed by atoms with Gasteiger partial charge in [-0.05, 0) is 41.8 Å². The summed E-state index contributed by atoms with van der Waals surface area (Å²) in [4.78, 5) is 16.9. The van der Waals surface area contributed by atoms with Gasteiger partial charge < -0.3 is 15.4 Å². The molecule has 0 unspecified atom stereocenters. The first kappa shape index (κ1) is 18.7. The molecule has 0 bridgehead atoms. The first-order chi connectivity index (χ1) is 13.6. The first-order valence-electron chi connectivity index (χ1n) is 9.41. The maximum Gasteiger partial charge on any atom is 0.264 e. The van der Waals surface area contributed by atoms with Crippen LogP contribution in [0.1, 0.15) is 26.0 Å². The number of nitrogens with two attached hydrogens (primary N) is 1. The van der Waals surface area contributed by atoms with Crippen molar-refractivity contribution in [3.8, 4) is 16.9 Å². The summed E-state index contributed by atoms with van der Waals surface area (Å²) in [7, 11) is 1.66. The second-order valence-electron chi connectivity index (χ2n) is 7.20. The number of aryl methyl sites for hydroxylation is 1. The maximum absolute atomic E-state index is 13.1. The molecular formula is C23H24N2O2S. The second kappa shape index (κ2) is 7.78. The average Bonchev–Trinajstić information content (AvgIpc) is 3.31. The van der Waals surface area contributed by atoms with Gasteiger partial charge in [-0.2, -0.15) is 0 Å². The molecule has 2 heterocycles. The molecule has 0 saturated carbocycles. The first-order valence-corrected chi connectivity index (χ1v) is 10.2. The van der Waals surface area contributed by atoms with Crippen molar-refractivity contribution in [2.45, 2.75) is 18.9 Å². The van der Waals surface area contributed by atoms with Crippen LogP contribution in [0.4, 0.5) is 0 Å². The molecule has 1 amide bonds. The molecule has 2 atom stereocenters. The molecular weight excluding hydrogens is 368 g/mol. The number of ether oxygens (including phenoxy) is 1. The van der Waals surface area contributed by atoms with Crippen LogP contribution in [0.3, 0.4) is 0 Å². The van der Waals surface area contributed by atoms with Crippen LogP contribution in [0.25, 0.3) is 11.1 Å². The molecule has 0 aliphatic carbocycles. The smallest absolute Gasteiger partial charge is 0.264 e. The molecule has 4 nitrogen and oxygen atoms in total. The minimum atomic E-state index is -0.0338. The predicted molar refractivity (Wildman–Crippen MR) is 114 cm³/mol. The predicted octanol–water partition coefficient (Wildman–Crippen LogP) is 4.30. The third-order valence-electron chi connectivity index (χ3n) is 5.41. The lowest BCUT2D eigenvalue weighted by atomic mass is 9.95. The van der Waals surface area contributed by atoms with E-state index in [1.54, 1.807) is 18.4 Å². The summed E-state index contributed by atoms with van der Waals surface area (Å²) in [5.74, 6) is 1.08. The van der Waals surface area contributed by atoms with E-state index in [0.717, 1.165) is 26.6 Å². The van der Waals surface area contributed by atoms with Gasteiger partial charge in [-0.15, -0.1) is 11.3 Å². The van der Waals surface area contributed by atoms with E-state index in [0.29, 0.717) is 13.1 Å². The Labute approximate surface area is 169 Å². The summed E-state index contributed by atoms with van der Waals surface area (Å²) in [6.07, 6.45) is 0. The third-order valence-corrected chi connectivity index (χ3v) is 6.45. The minimum absolute atomic E-state index is 0.0338. The molecule has 1 aromatic heterocycles. The van der Waals surface area contributed by atoms with Gasteiger partial charge in [-0.3, -0.25) is 4.79 Å². The molecule has 144 valence electrons. The Bertz CT molecular complexity index is 966. The number of methoxy groups -OCH3 is 1. The molecule has 1 saturated heterocycles. The van der Waals surface area contributed by atoms with E-state index < -0.39 is 0 Å². The van der Waals surface area contributed by atoms with E-state index in [-0.39, 0.29) is 17.9 Å². The molecule has 28 heavy (non-hydrogen) atoms. The number of benzene rings is 2. The van der Waals surface area contributed by atoms with Gasteiger partial charge in [-0.25, -0.2) is 0 Å². The van der Waals surface area contributed by atoms with E-state index in [9.17, 15) is 4.79 Å². The van der Waals surface area contributed by atoms with Crippen molar-refractivity contribution >= 4 is 17.2 Å². The van der Waals surface area contributed by atoms with E-state index >= 15 is 0 Å². The summed E-state index contributed by atoms with van der Waals surface area (Å²) < 4.78 is 5.23. The van der Waals surface area contributed by atoms with Crippen LogP contribution in [-0.2, 0) is 0 Å². The lowest BCUT2D eigenvalue weighted by molar-refractivity contribution is 0.0794. The summed E-state index contributed by atoms with van der Waals surface area (Å²) in [5.41, 5.74) is 9.76. The van der Waals surface area contributed by atoms with Crippen LogP contribution in [0.15, 0.2) is 60.7 Å². The van der Waals surface area contributed by atoms with E-state index in [4.69, 9.17) is 10.5 Å². The Morgan fingerprint density at radius 2 is 1.82 bits per heavy atom. The van der Waals surface area contributed by atoms with Gasteiger partial charge in [-0.1, -0.05) is 42.5 Å². The molecule has 3 aromatic rings. The van der Waals surface area contributed by atoms with Crippen molar-refractivity contribution < 1.29 is 9.53 Å². The number of thiophene rings is 1. The number of nitrogens with zero attached hydrogens (tertiary/aromatic N) is 1. The highest BCUT2D eigenvalue weighted by Gasteiger charge is 2.34. The Kier molecular flexibility index (Phi) is 5.20. The van der Waals surface area contributed by atoms with Crippen LogP contribution in [0.5, 0.6) is 5.75 Å². The highest BCUT2D eigenvalue weighted by atomic mass is 32.1. The van der Waals surface area contributed by atoms with Crippen LogP contribution in [-0.4, -0.2) is 37.0 Å². The number of amides is 1. The van der Waals surface area contributed by atoms with E-state index in [1.165, 1.54) is 5.56 Å². The average molecular weight is 393 g/mol. The van der Waals surface area contributed by atoms with Gasteiger partial charge in [0.1, 0.15) is 5.75 Å². The topological polar surface area (TPSA) is 55.6 Å². The van der Waals surface area contributed by atoms with Gasteiger partial charge in [0, 0.05) is 29.9 Å². The summed E-state index contributed by atoms with van der Waals surface area (Å²) >= 11 is 1.55. The summed E-state index contributed by atoms with van der Waals surface area (Å²) in [6, 6.07) is 20.1. The zero-order valence-corrected chi connectivity index (χ0v) is 16.9. The van der Waals surface area contributed by atoms with E-state index in [2.05, 4.69) is 19.1 Å². The monoisotopic (exact) mass is 392 g/mol. The number of likely N-dealkylation sites (tertiary alicyclic amines) is 1. The zero-order chi connectivity index (χ0) is 19.7. The lowest BCUT2D eigenvalue weighted by Crippen LogP contribution is -2.31. The molecule has 1 fully saturated rings. The molecule has 4 rings (SSSR count). The molecule has 0 radical (unpaired) electrons. The van der Waals surface area contributed by atoms with Gasteiger partial charge in [0.05, 0.1) is 12.0 Å². The van der Waals surface area contributed by atoms with Gasteiger partial charge in [0.2, 0.25) is 0 Å². The second-order valence-corrected chi connectivity index (χ2v) is 8.46. The molecule has 2 N–H and O–H groups in total. The van der Waals surface area contributed by atoms with Crippen LogP contribution in [0.2, 0.25) is 0 Å². The summed E-state index contributed by atoms with van der Waals surface area (Å²) in [6.45, 7) is 3.32. The lowest BCUT2D eigenvalue weighted by Gasteiger charge is -2.15. The van der Waals surface area contributed by atoms with Crippen molar-refractivity contribution in [1.29, 1.82) is 0 Å². The number of carbonyl (C=O) groups excluding carboxylic acids is 1. The molecule has 1 aliphatic rings. The molecule has 1 aliphatic heterocycles. The van der Waals surface area contributed by atoms with Crippen molar-refractivity contribution in [3.63, 3.8) is 0 Å². The van der Waals surface area contributed by atoms with Gasteiger partial charge in [0.15, 0.2) is 0 Å². The summed E-state index contributed by atoms with van der Waals surface area (Å²) in [5, 5.41) is 0. The number of hydrogen-bond acceptors (Lipinski definition) is 4. The molecule has 2 aromatic carbocycles. The quantitative estimate of drug-likeness (QED) is 0.720. The highest BCUT2D eigenvalue weighted by molar-refractivity contribution is 7.14. The number of hydrogen-bond donors (Lipinski definition) is 1. The van der Waals surface area contributed by atoms with Crippen LogP contribution < -0.4 is 10.5 Å². The normalized spacial score (nSPS) is 19.0. The minimum Gasteiger partial charge on any atom is -0.497 e. The van der Waals surface area contributed by atoms with E-state index in [1.807, 2.05) is 53.4 Å². The van der Waals surface area contributed by atoms with Crippen molar-refractivity contribution in [2.75, 3.05) is 20.2 Å². The number of rotatable bonds is 4. The van der Waals surface area contributed by atoms with Crippen LogP contribution >= 0.6 is 11.3 Å². The standard InChI is InChI=1S/C23H24N2O2S/c1-15-19(17-8-10-18(27-2)11-9-17)12-22(28-15)23(26)25-13-20(21(24)14-25)16-6-4-3-5-7-16/h3-12,20-21H,13-14,24H2,1-2H3/t20-,21+/m0/s1. The van der Waals surface area contributed by atoms with Crippen molar-refractivity contribution in [3.05, 3.63) is 76.0 Å². The fourth-order valence-corrected chi connectivity index (χ4v) is 4.86. The molecule has 0 spiro atoms. The van der Waals surface area contributed by atoms with Crippen LogP contribution in [0, 0.1) is 6.92 Å². The fraction of sp³-hybridized carbons (Fsp3) is 0.261. The van der Waals surface area contributed by atoms with Gasteiger partial charge in [0.25, 0.3) is 5.91 Å². The third kappa shape index (κ3) is 3.55. The fourth-order valence-electron chi connectivity index (χ4n) is 3.85. The van der Waals surface area contributed by atoms with Gasteiger partial charge >= 0.3 is 0 Å². The Morgan fingerprint density at radius 1 is 1.11 bits per heavy atom. The maximum atomic E-state index is 13.1. The molecule has 5 heteroatoms. The largest absolute Gasteiger partial charge is 0.497 e. The zero-order valence-electron chi connectivity index (χ0n) is 16.1. The van der Waals surface area contributed by atoms with Crippen molar-refractivity contribution in [1.82, 2.24) is 4.90 Å². The SMILES string of the molecule is COc1ccc(-c2cc(C(=O)N3C[C@@H](N)[C@H](c4ccccc4)C3)sc2C)cc1. The number of carbonyl (C=O) groups is 1.